The van der Waals surface area contributed by atoms with Crippen molar-refractivity contribution < 1.29 is 9.90 Å². The molecule has 1 aromatic carbocycles. The Kier molecular flexibility index (Phi) is 4.83. The molecule has 23 heavy (non-hydrogen) atoms. The number of aryl methyl sites for hydroxylation is 1. The van der Waals surface area contributed by atoms with E-state index >= 15 is 0 Å². The van der Waals surface area contributed by atoms with Crippen molar-refractivity contribution in [1.29, 1.82) is 0 Å². The van der Waals surface area contributed by atoms with Crippen LogP contribution in [0.5, 0.6) is 0 Å². The normalized spacial score (nSPS) is 21.4. The summed E-state index contributed by atoms with van der Waals surface area (Å²) in [6, 6.07) is 12.3. The van der Waals surface area contributed by atoms with Gasteiger partial charge in [-0.1, -0.05) is 30.3 Å². The maximum atomic E-state index is 12.8. The first-order valence-corrected chi connectivity index (χ1v) is 9.00. The van der Waals surface area contributed by atoms with Crippen molar-refractivity contribution in [3.63, 3.8) is 0 Å². The molecule has 2 heterocycles. The molecule has 0 aliphatic carbocycles. The van der Waals surface area contributed by atoms with E-state index < -0.39 is 0 Å². The molecule has 1 amide bonds. The number of aliphatic hydroxyl groups excluding tert-OH is 1. The van der Waals surface area contributed by atoms with Crippen LogP contribution in [-0.4, -0.2) is 35.6 Å². The van der Waals surface area contributed by atoms with Gasteiger partial charge < -0.3 is 10.0 Å². The van der Waals surface area contributed by atoms with Crippen molar-refractivity contribution in [2.24, 2.45) is 5.41 Å². The summed E-state index contributed by atoms with van der Waals surface area (Å²) >= 11 is 1.51. The molecule has 1 aromatic heterocycles. The SMILES string of the molecule is Cc1ccsc1C(=O)N1CCC[C@@](CO)(Cc2ccccc2)C1. The molecule has 2 aromatic rings. The summed E-state index contributed by atoms with van der Waals surface area (Å²) in [5.74, 6) is 0.114. The molecule has 0 bridgehead atoms. The number of piperidine rings is 1. The van der Waals surface area contributed by atoms with Gasteiger partial charge in [0.25, 0.3) is 5.91 Å². The van der Waals surface area contributed by atoms with Crippen LogP contribution in [-0.2, 0) is 6.42 Å². The molecule has 1 saturated heterocycles. The van der Waals surface area contributed by atoms with Crippen LogP contribution in [0.2, 0.25) is 0 Å². The van der Waals surface area contributed by atoms with Gasteiger partial charge in [-0.15, -0.1) is 11.3 Å². The Labute approximate surface area is 141 Å². The highest BCUT2D eigenvalue weighted by Crippen LogP contribution is 2.34. The van der Waals surface area contributed by atoms with Gasteiger partial charge in [0.15, 0.2) is 0 Å². The predicted molar refractivity (Wildman–Crippen MR) is 93.9 cm³/mol. The Morgan fingerprint density at radius 3 is 2.74 bits per heavy atom. The average molecular weight is 329 g/mol. The van der Waals surface area contributed by atoms with Crippen molar-refractivity contribution in [2.45, 2.75) is 26.2 Å². The van der Waals surface area contributed by atoms with Gasteiger partial charge in [0.1, 0.15) is 0 Å². The molecule has 0 radical (unpaired) electrons. The number of hydrogen-bond donors (Lipinski definition) is 1. The number of thiophene rings is 1. The van der Waals surface area contributed by atoms with Crippen LogP contribution >= 0.6 is 11.3 Å². The van der Waals surface area contributed by atoms with E-state index in [2.05, 4.69) is 12.1 Å². The molecule has 1 aliphatic rings. The second-order valence-corrected chi connectivity index (χ2v) is 7.50. The molecule has 0 spiro atoms. The number of carbonyl (C=O) groups excluding carboxylic acids is 1. The number of likely N-dealkylation sites (tertiary alicyclic amines) is 1. The van der Waals surface area contributed by atoms with Crippen LogP contribution in [0.25, 0.3) is 0 Å². The largest absolute Gasteiger partial charge is 0.396 e. The number of benzene rings is 1. The zero-order chi connectivity index (χ0) is 16.3. The van der Waals surface area contributed by atoms with Crippen LogP contribution < -0.4 is 0 Å². The monoisotopic (exact) mass is 329 g/mol. The van der Waals surface area contributed by atoms with Crippen LogP contribution in [0.4, 0.5) is 0 Å². The third kappa shape index (κ3) is 3.48. The molecular weight excluding hydrogens is 306 g/mol. The third-order valence-corrected chi connectivity index (χ3v) is 5.77. The molecule has 1 fully saturated rings. The molecule has 1 atom stereocenters. The quantitative estimate of drug-likeness (QED) is 0.932. The zero-order valence-corrected chi connectivity index (χ0v) is 14.3. The van der Waals surface area contributed by atoms with Gasteiger partial charge in [-0.3, -0.25) is 4.79 Å². The summed E-state index contributed by atoms with van der Waals surface area (Å²) in [6.07, 6.45) is 2.73. The Bertz CT molecular complexity index is 667. The van der Waals surface area contributed by atoms with E-state index in [1.165, 1.54) is 16.9 Å². The van der Waals surface area contributed by atoms with Crippen molar-refractivity contribution in [2.75, 3.05) is 19.7 Å². The van der Waals surface area contributed by atoms with Crippen LogP contribution in [0.3, 0.4) is 0 Å². The molecule has 1 aliphatic heterocycles. The summed E-state index contributed by atoms with van der Waals surface area (Å²) < 4.78 is 0. The Morgan fingerprint density at radius 2 is 2.09 bits per heavy atom. The highest BCUT2D eigenvalue weighted by molar-refractivity contribution is 7.12. The van der Waals surface area contributed by atoms with Gasteiger partial charge in [-0.25, -0.2) is 0 Å². The number of amides is 1. The second kappa shape index (κ2) is 6.85. The number of aliphatic hydroxyl groups is 1. The minimum Gasteiger partial charge on any atom is -0.396 e. The van der Waals surface area contributed by atoms with Gasteiger partial charge in [0.2, 0.25) is 0 Å². The van der Waals surface area contributed by atoms with Crippen LogP contribution in [0.1, 0.15) is 33.6 Å². The molecule has 122 valence electrons. The number of nitrogens with zero attached hydrogens (tertiary/aromatic N) is 1. The summed E-state index contributed by atoms with van der Waals surface area (Å²) in [4.78, 5) is 15.6. The lowest BCUT2D eigenvalue weighted by Crippen LogP contribution is -2.48. The summed E-state index contributed by atoms with van der Waals surface area (Å²) in [5, 5.41) is 12.0. The summed E-state index contributed by atoms with van der Waals surface area (Å²) in [6.45, 7) is 3.52. The molecule has 3 rings (SSSR count). The highest BCUT2D eigenvalue weighted by Gasteiger charge is 2.37. The van der Waals surface area contributed by atoms with E-state index in [1.54, 1.807) is 0 Å². The molecular formula is C19H23NO2S. The second-order valence-electron chi connectivity index (χ2n) is 6.58. The zero-order valence-electron chi connectivity index (χ0n) is 13.5. The number of rotatable bonds is 4. The van der Waals surface area contributed by atoms with Crippen LogP contribution in [0.15, 0.2) is 41.8 Å². The Balaban J connectivity index is 1.78. The third-order valence-electron chi connectivity index (χ3n) is 4.76. The smallest absolute Gasteiger partial charge is 0.264 e. The standard InChI is InChI=1S/C19H23NO2S/c1-15-8-11-23-17(15)18(22)20-10-5-9-19(13-20,14-21)12-16-6-3-2-4-7-16/h2-4,6-8,11,21H,5,9-10,12-14H2,1H3/t19-/m1/s1. The lowest BCUT2D eigenvalue weighted by atomic mass is 9.75. The maximum Gasteiger partial charge on any atom is 0.264 e. The van der Waals surface area contributed by atoms with Crippen molar-refractivity contribution in [3.8, 4) is 0 Å². The maximum absolute atomic E-state index is 12.8. The topological polar surface area (TPSA) is 40.5 Å². The molecule has 1 N–H and O–H groups in total. The van der Waals surface area contributed by atoms with E-state index in [4.69, 9.17) is 0 Å². The molecule has 4 heteroatoms. The lowest BCUT2D eigenvalue weighted by molar-refractivity contribution is 0.0274. The highest BCUT2D eigenvalue weighted by atomic mass is 32.1. The van der Waals surface area contributed by atoms with Crippen molar-refractivity contribution >= 4 is 17.2 Å². The van der Waals surface area contributed by atoms with Crippen molar-refractivity contribution in [1.82, 2.24) is 4.90 Å². The fourth-order valence-electron chi connectivity index (χ4n) is 3.47. The summed E-state index contributed by atoms with van der Waals surface area (Å²) in [7, 11) is 0. The lowest BCUT2D eigenvalue weighted by Gasteiger charge is -2.42. The van der Waals surface area contributed by atoms with E-state index in [0.29, 0.717) is 6.54 Å². The van der Waals surface area contributed by atoms with E-state index in [1.807, 2.05) is 41.5 Å². The number of carbonyl (C=O) groups is 1. The van der Waals surface area contributed by atoms with Crippen molar-refractivity contribution in [3.05, 3.63) is 57.8 Å². The van der Waals surface area contributed by atoms with Gasteiger partial charge >= 0.3 is 0 Å². The first-order chi connectivity index (χ1) is 11.1. The number of hydrogen-bond acceptors (Lipinski definition) is 3. The van der Waals surface area contributed by atoms with E-state index in [9.17, 15) is 9.90 Å². The molecule has 0 saturated carbocycles. The Hall–Kier alpha value is -1.65. The fourth-order valence-corrected chi connectivity index (χ4v) is 4.37. The minimum absolute atomic E-state index is 0.114. The van der Waals surface area contributed by atoms with E-state index in [0.717, 1.165) is 36.2 Å². The minimum atomic E-state index is -0.222. The average Bonchev–Trinajstić information content (AvgIpc) is 3.01. The van der Waals surface area contributed by atoms with E-state index in [-0.39, 0.29) is 17.9 Å². The first-order valence-electron chi connectivity index (χ1n) is 8.12. The fraction of sp³-hybridized carbons (Fsp3) is 0.421. The Morgan fingerprint density at radius 1 is 1.30 bits per heavy atom. The molecule has 3 nitrogen and oxygen atoms in total. The van der Waals surface area contributed by atoms with Crippen LogP contribution in [0, 0.1) is 12.3 Å². The van der Waals surface area contributed by atoms with Gasteiger partial charge in [-0.2, -0.15) is 0 Å². The van der Waals surface area contributed by atoms with Gasteiger partial charge in [0, 0.05) is 18.5 Å². The van der Waals surface area contributed by atoms with Gasteiger partial charge in [0.05, 0.1) is 11.5 Å². The molecule has 0 unspecified atom stereocenters. The predicted octanol–water partition coefficient (Wildman–Crippen LogP) is 3.51. The van der Waals surface area contributed by atoms with Gasteiger partial charge in [-0.05, 0) is 48.8 Å². The summed E-state index contributed by atoms with van der Waals surface area (Å²) in [5.41, 5.74) is 2.05. The first kappa shape index (κ1) is 16.2.